The Balaban J connectivity index is 0.000000471. The van der Waals surface area contributed by atoms with Crippen LogP contribution in [0.5, 0.6) is 0 Å². The smallest absolute Gasteiger partial charge is 0.221 e. The van der Waals surface area contributed by atoms with Gasteiger partial charge in [-0.25, -0.2) is 16.1 Å². The summed E-state index contributed by atoms with van der Waals surface area (Å²) in [5.41, 5.74) is 3.43. The zero-order valence-electron chi connectivity index (χ0n) is 13.4. The van der Waals surface area contributed by atoms with Gasteiger partial charge in [-0.15, -0.1) is 11.8 Å². The fourth-order valence-electron chi connectivity index (χ4n) is 2.30. The Labute approximate surface area is 144 Å². The Morgan fingerprint density at radius 3 is 2.67 bits per heavy atom. The first-order valence-electron chi connectivity index (χ1n) is 7.44. The van der Waals surface area contributed by atoms with Crippen LogP contribution in [-0.4, -0.2) is 13.5 Å². The number of hydrogen-bond acceptors (Lipinski definition) is 6. The third kappa shape index (κ3) is 4.73. The number of amides is 1. The van der Waals surface area contributed by atoms with Crippen LogP contribution in [0.25, 0.3) is 0 Å². The van der Waals surface area contributed by atoms with Gasteiger partial charge in [0.05, 0.1) is 12.0 Å². The molecule has 3 rings (SSSR count). The monoisotopic (exact) mass is 352 g/mol. The van der Waals surface area contributed by atoms with E-state index in [9.17, 15) is 4.39 Å². The number of anilines is 1. The second kappa shape index (κ2) is 8.72. The van der Waals surface area contributed by atoms with Crippen LogP contribution in [0.2, 0.25) is 0 Å². The highest BCUT2D eigenvalue weighted by Crippen LogP contribution is 2.48. The van der Waals surface area contributed by atoms with E-state index < -0.39 is 0 Å². The lowest BCUT2D eigenvalue weighted by molar-refractivity contribution is -0.109. The van der Waals surface area contributed by atoms with Crippen molar-refractivity contribution in [3.8, 4) is 0 Å². The van der Waals surface area contributed by atoms with E-state index in [2.05, 4.69) is 5.84 Å². The molecule has 0 saturated heterocycles. The Morgan fingerprint density at radius 2 is 2.17 bits per heavy atom. The molecular weight excluding hydrogens is 331 g/mol. The minimum Gasteiger partial charge on any atom is -0.468 e. The predicted octanol–water partition coefficient (Wildman–Crippen LogP) is 2.50. The number of hydrazine groups is 2. The van der Waals surface area contributed by atoms with Crippen LogP contribution in [0.4, 0.5) is 10.1 Å². The number of carbonyl (C=O) groups is 1. The summed E-state index contributed by atoms with van der Waals surface area (Å²) >= 11 is 1.59. The zero-order chi connectivity index (χ0) is 17.5. The van der Waals surface area contributed by atoms with Gasteiger partial charge in [0.1, 0.15) is 17.3 Å². The topological polar surface area (TPSA) is 97.5 Å². The Morgan fingerprint density at radius 1 is 1.46 bits per heavy atom. The van der Waals surface area contributed by atoms with Crippen molar-refractivity contribution in [3.63, 3.8) is 0 Å². The van der Waals surface area contributed by atoms with Gasteiger partial charge in [0.25, 0.3) is 0 Å². The van der Waals surface area contributed by atoms with E-state index >= 15 is 0 Å². The molecule has 0 aliphatic heterocycles. The molecule has 1 aliphatic rings. The third-order valence-corrected chi connectivity index (χ3v) is 4.64. The molecule has 0 unspecified atom stereocenters. The van der Waals surface area contributed by atoms with Crippen molar-refractivity contribution in [1.82, 2.24) is 5.43 Å². The highest BCUT2D eigenvalue weighted by atomic mass is 32.2. The van der Waals surface area contributed by atoms with Crippen LogP contribution in [0.15, 0.2) is 39.8 Å². The summed E-state index contributed by atoms with van der Waals surface area (Å²) in [5.74, 6) is 12.1. The summed E-state index contributed by atoms with van der Waals surface area (Å²) < 4.78 is 19.4. The molecule has 1 heterocycles. The number of nitrogens with zero attached hydrogens (tertiary/aromatic N) is 1. The third-order valence-electron chi connectivity index (χ3n) is 3.49. The van der Waals surface area contributed by atoms with Gasteiger partial charge in [0.2, 0.25) is 6.41 Å². The van der Waals surface area contributed by atoms with Gasteiger partial charge < -0.3 is 9.43 Å². The maximum atomic E-state index is 14.1. The molecule has 24 heavy (non-hydrogen) atoms. The van der Waals surface area contributed by atoms with Crippen molar-refractivity contribution in [2.45, 2.75) is 29.4 Å². The van der Waals surface area contributed by atoms with Gasteiger partial charge in [-0.3, -0.25) is 10.2 Å². The number of furan rings is 1. The number of nitrogens with two attached hydrogens (primary N) is 2. The number of halogens is 1. The minimum atomic E-state index is -0.277. The van der Waals surface area contributed by atoms with E-state index in [1.54, 1.807) is 30.5 Å². The van der Waals surface area contributed by atoms with E-state index in [1.807, 2.05) is 18.2 Å². The number of rotatable bonds is 6. The van der Waals surface area contributed by atoms with Crippen LogP contribution >= 0.6 is 11.8 Å². The van der Waals surface area contributed by atoms with Crippen LogP contribution in [0, 0.1) is 5.82 Å². The molecule has 0 spiro atoms. The molecule has 8 heteroatoms. The van der Waals surface area contributed by atoms with Gasteiger partial charge in [0.15, 0.2) is 0 Å². The molecule has 5 N–H and O–H groups in total. The van der Waals surface area contributed by atoms with Crippen molar-refractivity contribution in [2.75, 3.05) is 12.1 Å². The lowest BCUT2D eigenvalue weighted by atomic mass is 10.1. The lowest BCUT2D eigenvalue weighted by Crippen LogP contribution is -2.27. The molecule has 0 bridgehead atoms. The highest BCUT2D eigenvalue weighted by molar-refractivity contribution is 7.98. The Bertz CT molecular complexity index is 660. The highest BCUT2D eigenvalue weighted by Gasteiger charge is 2.29. The van der Waals surface area contributed by atoms with Gasteiger partial charge in [-0.05, 0) is 42.5 Å². The molecule has 1 aliphatic carbocycles. The molecule has 1 aromatic carbocycles. The molecule has 1 amide bonds. The number of benzene rings is 1. The summed E-state index contributed by atoms with van der Waals surface area (Å²) in [6.45, 7) is 0. The first-order chi connectivity index (χ1) is 11.6. The zero-order valence-corrected chi connectivity index (χ0v) is 14.2. The van der Waals surface area contributed by atoms with Crippen LogP contribution in [-0.2, 0) is 10.5 Å². The van der Waals surface area contributed by atoms with Crippen molar-refractivity contribution in [2.24, 2.45) is 11.7 Å². The molecule has 1 saturated carbocycles. The Kier molecular flexibility index (Phi) is 6.65. The molecule has 2 aromatic rings. The van der Waals surface area contributed by atoms with E-state index in [0.29, 0.717) is 23.8 Å². The predicted molar refractivity (Wildman–Crippen MR) is 92.6 cm³/mol. The minimum absolute atomic E-state index is 0.277. The van der Waals surface area contributed by atoms with Crippen LogP contribution in [0.1, 0.15) is 30.1 Å². The van der Waals surface area contributed by atoms with Gasteiger partial charge >= 0.3 is 0 Å². The quantitative estimate of drug-likeness (QED) is 0.243. The first-order valence-corrected chi connectivity index (χ1v) is 8.42. The summed E-state index contributed by atoms with van der Waals surface area (Å²) in [6, 6.07) is 7.20. The van der Waals surface area contributed by atoms with Crippen molar-refractivity contribution in [1.29, 1.82) is 0 Å². The number of carbonyl (C=O) groups excluding carboxylic acids is 1. The van der Waals surface area contributed by atoms with E-state index in [1.165, 1.54) is 29.5 Å². The molecule has 0 atom stereocenters. The molecule has 6 nitrogen and oxygen atoms in total. The van der Waals surface area contributed by atoms with E-state index in [4.69, 9.17) is 15.1 Å². The summed E-state index contributed by atoms with van der Waals surface area (Å²) in [6.07, 6.45) is 4.40. The lowest BCUT2D eigenvalue weighted by Gasteiger charge is -2.20. The summed E-state index contributed by atoms with van der Waals surface area (Å²) in [4.78, 5) is 9.88. The second-order valence-electron chi connectivity index (χ2n) is 5.35. The molecule has 0 radical (unpaired) electrons. The fourth-order valence-corrected chi connectivity index (χ4v) is 3.53. The SMILES string of the molecule is CN(N)c1c(F)ccc(C2CC2)c1SCc1ccco1.NNC=O. The summed E-state index contributed by atoms with van der Waals surface area (Å²) in [5, 5.41) is 1.37. The maximum absolute atomic E-state index is 14.1. The number of thioether (sulfide) groups is 1. The van der Waals surface area contributed by atoms with E-state index in [0.717, 1.165) is 10.7 Å². The largest absolute Gasteiger partial charge is 0.468 e. The number of hydrogen-bond donors (Lipinski definition) is 3. The van der Waals surface area contributed by atoms with Crippen molar-refractivity contribution >= 4 is 23.9 Å². The molecular formula is C16H21FN4O2S. The first kappa shape index (κ1) is 18.3. The number of nitrogens with one attached hydrogen (secondary N) is 1. The summed E-state index contributed by atoms with van der Waals surface area (Å²) in [7, 11) is 1.67. The Hall–Kier alpha value is -2.03. The average molecular weight is 352 g/mol. The van der Waals surface area contributed by atoms with E-state index in [-0.39, 0.29) is 5.82 Å². The van der Waals surface area contributed by atoms with Crippen LogP contribution < -0.4 is 22.1 Å². The standard InChI is InChI=1S/C15H17FN2OS.CH4N2O/c1-18(17)14-13(16)7-6-12(10-4-5-10)15(14)20-9-11-3-2-8-19-11;2-3-1-4/h2-3,6-8,10H,4-5,9,17H2,1H3;1H,2H2,(H,3,4). The van der Waals surface area contributed by atoms with Gasteiger partial charge in [-0.1, -0.05) is 6.07 Å². The van der Waals surface area contributed by atoms with Crippen molar-refractivity contribution < 1.29 is 13.6 Å². The fraction of sp³-hybridized carbons (Fsp3) is 0.312. The van der Waals surface area contributed by atoms with Gasteiger partial charge in [0, 0.05) is 11.9 Å². The van der Waals surface area contributed by atoms with Gasteiger partial charge in [-0.2, -0.15) is 0 Å². The van der Waals surface area contributed by atoms with Crippen LogP contribution in [0.3, 0.4) is 0 Å². The molecule has 1 fully saturated rings. The second-order valence-corrected chi connectivity index (χ2v) is 6.34. The molecule has 130 valence electrons. The van der Waals surface area contributed by atoms with Crippen molar-refractivity contribution in [3.05, 3.63) is 47.7 Å². The normalized spacial score (nSPS) is 13.0. The maximum Gasteiger partial charge on any atom is 0.221 e. The average Bonchev–Trinajstić information content (AvgIpc) is 3.28. The molecule has 1 aromatic heterocycles.